The first kappa shape index (κ1) is 12.5. The lowest BCUT2D eigenvalue weighted by Crippen LogP contribution is -2.29. The van der Waals surface area contributed by atoms with Crippen molar-refractivity contribution < 1.29 is 9.13 Å². The average Bonchev–Trinajstić information content (AvgIpc) is 2.81. The van der Waals surface area contributed by atoms with Crippen molar-refractivity contribution in [2.45, 2.75) is 51.0 Å². The summed E-state index contributed by atoms with van der Waals surface area (Å²) in [5, 5.41) is 9.50. The van der Waals surface area contributed by atoms with Crippen molar-refractivity contribution in [1.82, 2.24) is 0 Å². The number of rotatable bonds is 2. The van der Waals surface area contributed by atoms with E-state index in [0.717, 1.165) is 49.8 Å². The fraction of sp³-hybridized carbons (Fsp3) is 0.562. The Balaban J connectivity index is 1.71. The van der Waals surface area contributed by atoms with E-state index in [1.165, 1.54) is 12.5 Å². The Kier molecular flexibility index (Phi) is 3.18. The number of hydrogen-bond donors (Lipinski definition) is 0. The number of nitriles is 1. The second-order valence-corrected chi connectivity index (χ2v) is 5.85. The van der Waals surface area contributed by atoms with Gasteiger partial charge in [-0.15, -0.1) is 0 Å². The fourth-order valence-electron chi connectivity index (χ4n) is 3.43. The molecule has 1 aromatic carbocycles. The van der Waals surface area contributed by atoms with Gasteiger partial charge in [-0.25, -0.2) is 4.39 Å². The maximum Gasteiger partial charge on any atom is 0.123 e. The van der Waals surface area contributed by atoms with Crippen LogP contribution in [0.4, 0.5) is 4.39 Å². The number of ether oxygens (including phenoxy) is 1. The van der Waals surface area contributed by atoms with Crippen LogP contribution in [0.1, 0.15) is 44.1 Å². The first-order valence-corrected chi connectivity index (χ1v) is 7.07. The highest BCUT2D eigenvalue weighted by Gasteiger charge is 2.37. The van der Waals surface area contributed by atoms with Crippen LogP contribution in [0, 0.1) is 22.6 Å². The molecule has 1 fully saturated rings. The number of halogens is 1. The van der Waals surface area contributed by atoms with E-state index in [2.05, 4.69) is 6.07 Å². The topological polar surface area (TPSA) is 33.0 Å². The van der Waals surface area contributed by atoms with Gasteiger partial charge in [-0.05, 0) is 31.0 Å². The van der Waals surface area contributed by atoms with Gasteiger partial charge in [-0.2, -0.15) is 5.26 Å². The Morgan fingerprint density at radius 2 is 2.11 bits per heavy atom. The molecule has 3 heteroatoms. The van der Waals surface area contributed by atoms with Crippen molar-refractivity contribution >= 4 is 0 Å². The number of nitrogens with zero attached hydrogens (tertiary/aromatic N) is 1. The largest absolute Gasteiger partial charge is 0.490 e. The quantitative estimate of drug-likeness (QED) is 0.804. The zero-order chi connectivity index (χ0) is 13.3. The summed E-state index contributed by atoms with van der Waals surface area (Å²) in [5.74, 6) is 0.575. The highest BCUT2D eigenvalue weighted by molar-refractivity contribution is 5.38. The zero-order valence-corrected chi connectivity index (χ0v) is 11.0. The van der Waals surface area contributed by atoms with Crippen LogP contribution in [-0.4, -0.2) is 6.10 Å². The molecule has 2 nitrogen and oxygen atoms in total. The molecule has 1 heterocycles. The second kappa shape index (κ2) is 4.85. The Hall–Kier alpha value is -1.56. The third-order valence-corrected chi connectivity index (χ3v) is 4.43. The van der Waals surface area contributed by atoms with Crippen molar-refractivity contribution in [2.75, 3.05) is 0 Å². The van der Waals surface area contributed by atoms with Gasteiger partial charge in [0.05, 0.1) is 11.5 Å². The molecule has 1 aliphatic carbocycles. The normalized spacial score (nSPS) is 24.3. The molecule has 0 bridgehead atoms. The standard InChI is InChI=1S/C16H18FNO/c17-13-4-5-15-12(8-13)9-14(19-15)10-16(11-18)6-2-1-3-7-16/h4-5,8,14H,1-3,6-7,9-10H2. The molecule has 0 spiro atoms. The molecule has 100 valence electrons. The van der Waals surface area contributed by atoms with Crippen LogP contribution in [0.15, 0.2) is 18.2 Å². The van der Waals surface area contributed by atoms with E-state index in [1.807, 2.05) is 0 Å². The van der Waals surface area contributed by atoms with Gasteiger partial charge in [-0.3, -0.25) is 0 Å². The summed E-state index contributed by atoms with van der Waals surface area (Å²) in [6, 6.07) is 7.21. The van der Waals surface area contributed by atoms with E-state index >= 15 is 0 Å². The summed E-state index contributed by atoms with van der Waals surface area (Å²) in [6.07, 6.45) is 7.03. The van der Waals surface area contributed by atoms with E-state index in [1.54, 1.807) is 12.1 Å². The molecule has 19 heavy (non-hydrogen) atoms. The van der Waals surface area contributed by atoms with Gasteiger partial charge in [0.25, 0.3) is 0 Å². The van der Waals surface area contributed by atoms with Gasteiger partial charge in [-0.1, -0.05) is 19.3 Å². The summed E-state index contributed by atoms with van der Waals surface area (Å²) in [7, 11) is 0. The predicted molar refractivity (Wildman–Crippen MR) is 70.3 cm³/mol. The van der Waals surface area contributed by atoms with Crippen LogP contribution in [0.5, 0.6) is 5.75 Å². The van der Waals surface area contributed by atoms with E-state index in [-0.39, 0.29) is 17.3 Å². The maximum atomic E-state index is 13.2. The molecule has 0 radical (unpaired) electrons. The first-order valence-electron chi connectivity index (χ1n) is 7.07. The smallest absolute Gasteiger partial charge is 0.123 e. The minimum absolute atomic E-state index is 0.0366. The van der Waals surface area contributed by atoms with Crippen LogP contribution < -0.4 is 4.74 Å². The summed E-state index contributed by atoms with van der Waals surface area (Å²) >= 11 is 0. The second-order valence-electron chi connectivity index (χ2n) is 5.85. The average molecular weight is 259 g/mol. The van der Waals surface area contributed by atoms with Gasteiger partial charge >= 0.3 is 0 Å². The van der Waals surface area contributed by atoms with Crippen LogP contribution in [0.2, 0.25) is 0 Å². The SMILES string of the molecule is N#CC1(CC2Cc3cc(F)ccc3O2)CCCCC1. The third-order valence-electron chi connectivity index (χ3n) is 4.43. The summed E-state index contributed by atoms with van der Waals surface area (Å²) in [5.41, 5.74) is 0.720. The minimum Gasteiger partial charge on any atom is -0.490 e. The van der Waals surface area contributed by atoms with Crippen LogP contribution >= 0.6 is 0 Å². The van der Waals surface area contributed by atoms with Crippen molar-refractivity contribution in [3.63, 3.8) is 0 Å². The van der Waals surface area contributed by atoms with Crippen LogP contribution in [0.25, 0.3) is 0 Å². The number of hydrogen-bond acceptors (Lipinski definition) is 2. The van der Waals surface area contributed by atoms with E-state index in [0.29, 0.717) is 0 Å². The molecule has 0 aromatic heterocycles. The van der Waals surface area contributed by atoms with Crippen LogP contribution in [0.3, 0.4) is 0 Å². The highest BCUT2D eigenvalue weighted by Crippen LogP contribution is 2.42. The van der Waals surface area contributed by atoms with Crippen molar-refractivity contribution in [3.8, 4) is 11.8 Å². The highest BCUT2D eigenvalue weighted by atomic mass is 19.1. The molecule has 1 aromatic rings. The van der Waals surface area contributed by atoms with Gasteiger partial charge < -0.3 is 4.74 Å². The molecule has 1 aliphatic heterocycles. The van der Waals surface area contributed by atoms with Gasteiger partial charge in [0, 0.05) is 18.4 Å². The molecule has 0 saturated heterocycles. The molecule has 1 unspecified atom stereocenters. The molecule has 0 N–H and O–H groups in total. The fourth-order valence-corrected chi connectivity index (χ4v) is 3.43. The number of benzene rings is 1. The first-order chi connectivity index (χ1) is 9.21. The summed E-state index contributed by atoms with van der Waals surface area (Å²) in [6.45, 7) is 0. The Labute approximate surface area is 113 Å². The monoisotopic (exact) mass is 259 g/mol. The van der Waals surface area contributed by atoms with Gasteiger partial charge in [0.15, 0.2) is 0 Å². The van der Waals surface area contributed by atoms with E-state index in [9.17, 15) is 9.65 Å². The lowest BCUT2D eigenvalue weighted by atomic mass is 9.71. The summed E-state index contributed by atoms with van der Waals surface area (Å²) < 4.78 is 19.1. The molecular weight excluding hydrogens is 241 g/mol. The Morgan fingerprint density at radius 1 is 1.32 bits per heavy atom. The van der Waals surface area contributed by atoms with Crippen molar-refractivity contribution in [3.05, 3.63) is 29.6 Å². The molecule has 3 rings (SSSR count). The Morgan fingerprint density at radius 3 is 2.84 bits per heavy atom. The van der Waals surface area contributed by atoms with Gasteiger partial charge in [0.1, 0.15) is 17.7 Å². The predicted octanol–water partition coefficient (Wildman–Crippen LogP) is 3.99. The number of fused-ring (bicyclic) bond motifs is 1. The van der Waals surface area contributed by atoms with Crippen LogP contribution in [-0.2, 0) is 6.42 Å². The molecular formula is C16H18FNO. The minimum atomic E-state index is -0.219. The maximum absolute atomic E-state index is 13.2. The van der Waals surface area contributed by atoms with Crippen molar-refractivity contribution in [2.24, 2.45) is 5.41 Å². The van der Waals surface area contributed by atoms with Gasteiger partial charge in [0.2, 0.25) is 0 Å². The van der Waals surface area contributed by atoms with Crippen molar-refractivity contribution in [1.29, 1.82) is 5.26 Å². The Bertz CT molecular complexity index is 514. The molecule has 2 aliphatic rings. The summed E-state index contributed by atoms with van der Waals surface area (Å²) in [4.78, 5) is 0. The third kappa shape index (κ3) is 2.45. The van der Waals surface area contributed by atoms with E-state index in [4.69, 9.17) is 4.74 Å². The zero-order valence-electron chi connectivity index (χ0n) is 11.0. The molecule has 0 amide bonds. The molecule has 1 atom stereocenters. The van der Waals surface area contributed by atoms with E-state index < -0.39 is 0 Å². The lowest BCUT2D eigenvalue weighted by molar-refractivity contribution is 0.138. The lowest BCUT2D eigenvalue weighted by Gasteiger charge is -2.32. The molecule has 1 saturated carbocycles.